The number of nitrogens with one attached hydrogen (secondary N) is 1. The summed E-state index contributed by atoms with van der Waals surface area (Å²) in [4.78, 5) is 6.12. The van der Waals surface area contributed by atoms with Crippen molar-refractivity contribution in [1.29, 1.82) is 0 Å². The van der Waals surface area contributed by atoms with E-state index in [1.54, 1.807) is 0 Å². The smallest absolute Gasteiger partial charge is 0.197 e. The van der Waals surface area contributed by atoms with Crippen molar-refractivity contribution in [2.75, 3.05) is 20.6 Å². The van der Waals surface area contributed by atoms with Gasteiger partial charge in [0.05, 0.1) is 6.54 Å². The molecule has 1 aliphatic rings. The van der Waals surface area contributed by atoms with Gasteiger partial charge in [-0.15, -0.1) is 0 Å². The first-order valence-corrected chi connectivity index (χ1v) is 2.94. The standard InChI is InChI=1S/C6H11N3/c1-9(2)6-7-4-3-5-8-6/h3-4H,5H2,1-2H3,(H,7,8). The second kappa shape index (κ2) is 2.53. The lowest BCUT2D eigenvalue weighted by Gasteiger charge is -2.16. The van der Waals surface area contributed by atoms with Gasteiger partial charge in [0.1, 0.15) is 0 Å². The first-order valence-electron chi connectivity index (χ1n) is 2.94. The van der Waals surface area contributed by atoms with E-state index < -0.39 is 0 Å². The van der Waals surface area contributed by atoms with E-state index in [9.17, 15) is 0 Å². The van der Waals surface area contributed by atoms with Gasteiger partial charge in [-0.2, -0.15) is 0 Å². The minimum Gasteiger partial charge on any atom is -0.349 e. The van der Waals surface area contributed by atoms with Crippen molar-refractivity contribution < 1.29 is 0 Å². The normalized spacial score (nSPS) is 16.4. The molecule has 1 N–H and O–H groups in total. The fraction of sp³-hybridized carbons (Fsp3) is 0.500. The number of nitrogens with zero attached hydrogens (tertiary/aromatic N) is 2. The van der Waals surface area contributed by atoms with Gasteiger partial charge in [-0.3, -0.25) is 0 Å². The zero-order chi connectivity index (χ0) is 6.69. The Kier molecular flexibility index (Phi) is 1.72. The number of guanidine groups is 1. The van der Waals surface area contributed by atoms with E-state index in [2.05, 4.69) is 10.3 Å². The van der Waals surface area contributed by atoms with Gasteiger partial charge in [-0.1, -0.05) is 0 Å². The molecule has 0 fully saturated rings. The fourth-order valence-electron chi connectivity index (χ4n) is 0.642. The predicted octanol–water partition coefficient (Wildman–Crippen LogP) is 0.0209. The summed E-state index contributed by atoms with van der Waals surface area (Å²) in [6.45, 7) is 0.792. The van der Waals surface area contributed by atoms with Crippen LogP contribution in [0.5, 0.6) is 0 Å². The summed E-state index contributed by atoms with van der Waals surface area (Å²) in [5, 5.41) is 3.01. The summed E-state index contributed by atoms with van der Waals surface area (Å²) in [5.74, 6) is 0.928. The molecule has 0 aromatic carbocycles. The molecule has 9 heavy (non-hydrogen) atoms. The third-order valence-corrected chi connectivity index (χ3v) is 1.10. The number of hydrogen-bond donors (Lipinski definition) is 1. The van der Waals surface area contributed by atoms with Crippen LogP contribution in [0.4, 0.5) is 0 Å². The molecule has 1 aliphatic heterocycles. The molecule has 50 valence electrons. The number of aliphatic imine (C=N–C) groups is 1. The third kappa shape index (κ3) is 1.45. The highest BCUT2D eigenvalue weighted by Gasteiger charge is 1.98. The summed E-state index contributed by atoms with van der Waals surface area (Å²) in [6, 6.07) is 0. The van der Waals surface area contributed by atoms with Gasteiger partial charge in [0.15, 0.2) is 5.96 Å². The van der Waals surface area contributed by atoms with Crippen LogP contribution < -0.4 is 5.32 Å². The average molecular weight is 125 g/mol. The van der Waals surface area contributed by atoms with Gasteiger partial charge in [-0.05, 0) is 6.08 Å². The van der Waals surface area contributed by atoms with E-state index in [1.165, 1.54) is 0 Å². The highest BCUT2D eigenvalue weighted by Crippen LogP contribution is 1.86. The Morgan fingerprint density at radius 2 is 2.44 bits per heavy atom. The summed E-state index contributed by atoms with van der Waals surface area (Å²) in [6.07, 6.45) is 3.88. The van der Waals surface area contributed by atoms with Gasteiger partial charge < -0.3 is 10.2 Å². The summed E-state index contributed by atoms with van der Waals surface area (Å²) < 4.78 is 0. The molecule has 0 atom stereocenters. The summed E-state index contributed by atoms with van der Waals surface area (Å²) >= 11 is 0. The van der Waals surface area contributed by atoms with Crippen LogP contribution in [0.25, 0.3) is 0 Å². The topological polar surface area (TPSA) is 27.6 Å². The van der Waals surface area contributed by atoms with Crippen molar-refractivity contribution >= 4 is 5.96 Å². The molecule has 0 unspecified atom stereocenters. The van der Waals surface area contributed by atoms with Gasteiger partial charge in [0.25, 0.3) is 0 Å². The quantitative estimate of drug-likeness (QED) is 0.494. The molecule has 0 saturated heterocycles. The molecule has 3 heteroatoms. The van der Waals surface area contributed by atoms with Crippen LogP contribution in [0.15, 0.2) is 17.3 Å². The largest absolute Gasteiger partial charge is 0.349 e. The Hall–Kier alpha value is -0.990. The van der Waals surface area contributed by atoms with Crippen molar-refractivity contribution in [2.24, 2.45) is 4.99 Å². The van der Waals surface area contributed by atoms with Crippen LogP contribution in [-0.4, -0.2) is 31.5 Å². The Bertz CT molecular complexity index is 146. The first-order chi connectivity index (χ1) is 4.30. The van der Waals surface area contributed by atoms with Crippen LogP contribution in [0.2, 0.25) is 0 Å². The maximum atomic E-state index is 4.17. The molecule has 1 heterocycles. The highest BCUT2D eigenvalue weighted by molar-refractivity contribution is 5.81. The first kappa shape index (κ1) is 6.13. The molecule has 0 amide bonds. The van der Waals surface area contributed by atoms with Crippen LogP contribution in [0.3, 0.4) is 0 Å². The lowest BCUT2D eigenvalue weighted by atomic mass is 10.5. The van der Waals surface area contributed by atoms with E-state index in [-0.39, 0.29) is 0 Å². The maximum absolute atomic E-state index is 4.17. The second-order valence-electron chi connectivity index (χ2n) is 2.11. The third-order valence-electron chi connectivity index (χ3n) is 1.10. The minimum atomic E-state index is 0.792. The molecule has 0 aromatic heterocycles. The Balaban J connectivity index is 2.50. The lowest BCUT2D eigenvalue weighted by Crippen LogP contribution is -2.34. The highest BCUT2D eigenvalue weighted by atomic mass is 15.3. The van der Waals surface area contributed by atoms with Crippen molar-refractivity contribution in [1.82, 2.24) is 10.2 Å². The molecular formula is C6H11N3. The van der Waals surface area contributed by atoms with Crippen molar-refractivity contribution in [3.05, 3.63) is 12.3 Å². The predicted molar refractivity (Wildman–Crippen MR) is 38.3 cm³/mol. The Morgan fingerprint density at radius 3 is 2.78 bits per heavy atom. The van der Waals surface area contributed by atoms with Gasteiger partial charge in [0.2, 0.25) is 0 Å². The summed E-state index contributed by atoms with van der Waals surface area (Å²) in [5.41, 5.74) is 0. The van der Waals surface area contributed by atoms with Crippen molar-refractivity contribution in [3.63, 3.8) is 0 Å². The average Bonchev–Trinajstić information content (AvgIpc) is 1.90. The van der Waals surface area contributed by atoms with Crippen LogP contribution >= 0.6 is 0 Å². The Morgan fingerprint density at radius 1 is 1.67 bits per heavy atom. The van der Waals surface area contributed by atoms with E-state index in [0.717, 1.165) is 12.5 Å². The van der Waals surface area contributed by atoms with Crippen molar-refractivity contribution in [2.45, 2.75) is 0 Å². The molecule has 0 aliphatic carbocycles. The molecular weight excluding hydrogens is 114 g/mol. The molecule has 0 aromatic rings. The fourth-order valence-corrected chi connectivity index (χ4v) is 0.642. The monoisotopic (exact) mass is 125 g/mol. The SMILES string of the molecule is CN(C)C1=NCC=CN1. The number of hydrogen-bond acceptors (Lipinski definition) is 3. The molecule has 1 rings (SSSR count). The zero-order valence-corrected chi connectivity index (χ0v) is 5.76. The van der Waals surface area contributed by atoms with E-state index in [0.29, 0.717) is 0 Å². The molecule has 0 spiro atoms. The van der Waals surface area contributed by atoms with Crippen LogP contribution in [0, 0.1) is 0 Å². The molecule has 0 radical (unpaired) electrons. The van der Waals surface area contributed by atoms with Crippen LogP contribution in [0.1, 0.15) is 0 Å². The molecule has 0 bridgehead atoms. The maximum Gasteiger partial charge on any atom is 0.197 e. The summed E-state index contributed by atoms with van der Waals surface area (Å²) in [7, 11) is 3.93. The van der Waals surface area contributed by atoms with Gasteiger partial charge in [0, 0.05) is 20.3 Å². The van der Waals surface area contributed by atoms with Gasteiger partial charge in [-0.25, -0.2) is 4.99 Å². The minimum absolute atomic E-state index is 0.792. The van der Waals surface area contributed by atoms with E-state index in [4.69, 9.17) is 0 Å². The zero-order valence-electron chi connectivity index (χ0n) is 5.76. The van der Waals surface area contributed by atoms with E-state index >= 15 is 0 Å². The van der Waals surface area contributed by atoms with Crippen LogP contribution in [-0.2, 0) is 0 Å². The lowest BCUT2D eigenvalue weighted by molar-refractivity contribution is 0.595. The van der Waals surface area contributed by atoms with Crippen molar-refractivity contribution in [3.8, 4) is 0 Å². The van der Waals surface area contributed by atoms with Gasteiger partial charge >= 0.3 is 0 Å². The molecule has 3 nitrogen and oxygen atoms in total. The second-order valence-corrected chi connectivity index (χ2v) is 2.11. The number of rotatable bonds is 0. The van der Waals surface area contributed by atoms with E-state index in [1.807, 2.05) is 31.3 Å². The Labute approximate surface area is 55.1 Å². The molecule has 0 saturated carbocycles.